The van der Waals surface area contributed by atoms with Gasteiger partial charge in [-0.05, 0) is 38.1 Å². The first-order chi connectivity index (χ1) is 6.95. The summed E-state index contributed by atoms with van der Waals surface area (Å²) in [4.78, 5) is 0. The second kappa shape index (κ2) is 5.17. The topological polar surface area (TPSA) is 37.2 Å². The minimum absolute atomic E-state index is 0.700. The van der Waals surface area contributed by atoms with Crippen molar-refractivity contribution in [3.05, 3.63) is 24.2 Å². The van der Waals surface area contributed by atoms with Crippen molar-refractivity contribution in [1.82, 2.24) is 10.6 Å². The third kappa shape index (κ3) is 2.86. The van der Waals surface area contributed by atoms with Gasteiger partial charge in [0, 0.05) is 19.0 Å². The average molecular weight is 194 g/mol. The van der Waals surface area contributed by atoms with E-state index in [-0.39, 0.29) is 0 Å². The largest absolute Gasteiger partial charge is 0.469 e. The number of rotatable bonds is 4. The van der Waals surface area contributed by atoms with Gasteiger partial charge >= 0.3 is 0 Å². The maximum absolute atomic E-state index is 5.27. The first kappa shape index (κ1) is 9.74. The molecule has 1 saturated heterocycles. The monoisotopic (exact) mass is 194 g/mol. The van der Waals surface area contributed by atoms with E-state index >= 15 is 0 Å². The molecule has 1 aliphatic rings. The summed E-state index contributed by atoms with van der Waals surface area (Å²) in [6.07, 6.45) is 5.23. The first-order valence-electron chi connectivity index (χ1n) is 5.41. The minimum Gasteiger partial charge on any atom is -0.469 e. The molecule has 0 bridgehead atoms. The highest BCUT2D eigenvalue weighted by molar-refractivity contribution is 4.98. The van der Waals surface area contributed by atoms with Crippen LogP contribution in [0.15, 0.2) is 22.8 Å². The Balaban J connectivity index is 1.62. The average Bonchev–Trinajstić information content (AvgIpc) is 2.72. The summed E-state index contributed by atoms with van der Waals surface area (Å²) in [5.74, 6) is 1.08. The Morgan fingerprint density at radius 1 is 1.43 bits per heavy atom. The summed E-state index contributed by atoms with van der Waals surface area (Å²) in [5, 5.41) is 6.92. The Kier molecular flexibility index (Phi) is 3.60. The van der Waals surface area contributed by atoms with Crippen LogP contribution in [0.5, 0.6) is 0 Å². The second-order valence-corrected chi connectivity index (χ2v) is 3.81. The Bertz CT molecular complexity index is 240. The van der Waals surface area contributed by atoms with Crippen molar-refractivity contribution >= 4 is 0 Å². The van der Waals surface area contributed by atoms with Crippen LogP contribution in [-0.2, 0) is 6.42 Å². The fraction of sp³-hybridized carbons (Fsp3) is 0.636. The van der Waals surface area contributed by atoms with E-state index < -0.39 is 0 Å². The molecular weight excluding hydrogens is 176 g/mol. The zero-order valence-electron chi connectivity index (χ0n) is 8.46. The zero-order valence-corrected chi connectivity index (χ0v) is 8.46. The molecule has 0 aliphatic carbocycles. The molecule has 0 spiro atoms. The summed E-state index contributed by atoms with van der Waals surface area (Å²) < 4.78 is 5.27. The van der Waals surface area contributed by atoms with Gasteiger partial charge in [-0.15, -0.1) is 0 Å². The van der Waals surface area contributed by atoms with Gasteiger partial charge in [-0.25, -0.2) is 0 Å². The lowest BCUT2D eigenvalue weighted by Crippen LogP contribution is -2.40. The van der Waals surface area contributed by atoms with Gasteiger partial charge in [0.1, 0.15) is 5.76 Å². The van der Waals surface area contributed by atoms with Gasteiger partial charge in [-0.1, -0.05) is 0 Å². The maximum Gasteiger partial charge on any atom is 0.105 e. The lowest BCUT2D eigenvalue weighted by molar-refractivity contribution is 0.383. The predicted molar refractivity (Wildman–Crippen MR) is 56.3 cm³/mol. The maximum atomic E-state index is 5.27. The van der Waals surface area contributed by atoms with Crippen molar-refractivity contribution in [2.24, 2.45) is 0 Å². The molecule has 1 aromatic heterocycles. The molecule has 1 fully saturated rings. The van der Waals surface area contributed by atoms with Gasteiger partial charge in [0.25, 0.3) is 0 Å². The number of furan rings is 1. The molecule has 78 valence electrons. The van der Waals surface area contributed by atoms with Gasteiger partial charge in [-0.3, -0.25) is 0 Å². The number of hydrogen-bond donors (Lipinski definition) is 2. The lowest BCUT2D eigenvalue weighted by atomic mass is 10.1. The Morgan fingerprint density at radius 2 is 2.29 bits per heavy atom. The molecule has 1 aromatic rings. The fourth-order valence-electron chi connectivity index (χ4n) is 1.88. The highest BCUT2D eigenvalue weighted by Gasteiger charge is 2.11. The zero-order chi connectivity index (χ0) is 9.64. The normalized spacial score (nSPS) is 18.6. The van der Waals surface area contributed by atoms with Crippen LogP contribution < -0.4 is 10.6 Å². The Morgan fingerprint density at radius 3 is 3.00 bits per heavy atom. The molecule has 0 unspecified atom stereocenters. The molecule has 0 amide bonds. The van der Waals surface area contributed by atoms with Gasteiger partial charge in [0.15, 0.2) is 0 Å². The van der Waals surface area contributed by atoms with Crippen molar-refractivity contribution < 1.29 is 4.42 Å². The molecule has 0 radical (unpaired) electrons. The van der Waals surface area contributed by atoms with Crippen molar-refractivity contribution in [1.29, 1.82) is 0 Å². The fourth-order valence-corrected chi connectivity index (χ4v) is 1.88. The first-order valence-corrected chi connectivity index (χ1v) is 5.41. The van der Waals surface area contributed by atoms with Crippen LogP contribution in [0.3, 0.4) is 0 Å². The number of hydrogen-bond acceptors (Lipinski definition) is 3. The molecule has 14 heavy (non-hydrogen) atoms. The van der Waals surface area contributed by atoms with Crippen LogP contribution >= 0.6 is 0 Å². The van der Waals surface area contributed by atoms with Crippen LogP contribution in [0.4, 0.5) is 0 Å². The standard InChI is InChI=1S/C11H18N2O/c1-2-11(14-9-1)5-8-13-10-3-6-12-7-4-10/h1-2,9-10,12-13H,3-8H2. The summed E-state index contributed by atoms with van der Waals surface area (Å²) in [6, 6.07) is 4.68. The van der Waals surface area contributed by atoms with Gasteiger partial charge in [0.05, 0.1) is 6.26 Å². The molecule has 0 saturated carbocycles. The van der Waals surface area contributed by atoms with Crippen molar-refractivity contribution in [3.63, 3.8) is 0 Å². The summed E-state index contributed by atoms with van der Waals surface area (Å²) in [7, 11) is 0. The highest BCUT2D eigenvalue weighted by Crippen LogP contribution is 2.03. The molecule has 2 rings (SSSR count). The summed E-state index contributed by atoms with van der Waals surface area (Å²) in [5.41, 5.74) is 0. The summed E-state index contributed by atoms with van der Waals surface area (Å²) >= 11 is 0. The van der Waals surface area contributed by atoms with Crippen molar-refractivity contribution in [2.75, 3.05) is 19.6 Å². The minimum atomic E-state index is 0.700. The van der Waals surface area contributed by atoms with Crippen LogP contribution in [0.2, 0.25) is 0 Å². The molecule has 0 atom stereocenters. The van der Waals surface area contributed by atoms with E-state index in [1.54, 1.807) is 6.26 Å². The van der Waals surface area contributed by atoms with Crippen LogP contribution in [-0.4, -0.2) is 25.7 Å². The lowest BCUT2D eigenvalue weighted by Gasteiger charge is -2.23. The van der Waals surface area contributed by atoms with E-state index in [0.29, 0.717) is 6.04 Å². The molecule has 1 aliphatic heterocycles. The van der Waals surface area contributed by atoms with Gasteiger partial charge < -0.3 is 15.1 Å². The molecule has 0 aromatic carbocycles. The molecule has 3 nitrogen and oxygen atoms in total. The molecular formula is C11H18N2O. The van der Waals surface area contributed by atoms with E-state index in [0.717, 1.165) is 31.8 Å². The third-order valence-electron chi connectivity index (χ3n) is 2.72. The van der Waals surface area contributed by atoms with E-state index in [2.05, 4.69) is 10.6 Å². The molecule has 3 heteroatoms. The Hall–Kier alpha value is -0.800. The van der Waals surface area contributed by atoms with E-state index in [1.165, 1.54) is 12.8 Å². The molecule has 2 N–H and O–H groups in total. The van der Waals surface area contributed by atoms with E-state index in [1.807, 2.05) is 12.1 Å². The van der Waals surface area contributed by atoms with E-state index in [4.69, 9.17) is 4.42 Å². The Labute approximate surface area is 84.9 Å². The highest BCUT2D eigenvalue weighted by atomic mass is 16.3. The van der Waals surface area contributed by atoms with Crippen LogP contribution in [0.1, 0.15) is 18.6 Å². The quantitative estimate of drug-likeness (QED) is 0.755. The van der Waals surface area contributed by atoms with E-state index in [9.17, 15) is 0 Å². The predicted octanol–water partition coefficient (Wildman–Crippen LogP) is 1.16. The number of piperidine rings is 1. The third-order valence-corrected chi connectivity index (χ3v) is 2.72. The smallest absolute Gasteiger partial charge is 0.105 e. The summed E-state index contributed by atoms with van der Waals surface area (Å²) in [6.45, 7) is 3.33. The van der Waals surface area contributed by atoms with Gasteiger partial charge in [-0.2, -0.15) is 0 Å². The van der Waals surface area contributed by atoms with Crippen molar-refractivity contribution in [2.45, 2.75) is 25.3 Å². The van der Waals surface area contributed by atoms with Crippen LogP contribution in [0.25, 0.3) is 0 Å². The van der Waals surface area contributed by atoms with Gasteiger partial charge in [0.2, 0.25) is 0 Å². The van der Waals surface area contributed by atoms with Crippen molar-refractivity contribution in [3.8, 4) is 0 Å². The second-order valence-electron chi connectivity index (χ2n) is 3.81. The number of nitrogens with one attached hydrogen (secondary N) is 2. The SMILES string of the molecule is c1coc(CCNC2CCNCC2)c1. The van der Waals surface area contributed by atoms with Crippen LogP contribution in [0, 0.1) is 0 Å². The molecule has 2 heterocycles.